The van der Waals surface area contributed by atoms with Gasteiger partial charge in [0, 0.05) is 11.1 Å². The van der Waals surface area contributed by atoms with Crippen molar-refractivity contribution in [3.63, 3.8) is 0 Å². The molecule has 3 rings (SSSR count). The average molecular weight is 462 g/mol. The number of aryl methyl sites for hydroxylation is 1. The van der Waals surface area contributed by atoms with Crippen LogP contribution in [0.4, 0.5) is 0 Å². The van der Waals surface area contributed by atoms with E-state index >= 15 is 0 Å². The fourth-order valence-corrected chi connectivity index (χ4v) is 3.34. The third-order valence-electron chi connectivity index (χ3n) is 4.74. The molecule has 0 saturated carbocycles. The number of carbonyl (C=O) groups is 1. The molecule has 0 bridgehead atoms. The fourth-order valence-electron chi connectivity index (χ4n) is 3.08. The van der Waals surface area contributed by atoms with Crippen molar-refractivity contribution in [2.75, 3.05) is 6.61 Å². The zero-order chi connectivity index (χ0) is 24.0. The van der Waals surface area contributed by atoms with Gasteiger partial charge in [0.05, 0.1) is 22.8 Å². The Kier molecular flexibility index (Phi) is 7.74. The summed E-state index contributed by atoms with van der Waals surface area (Å²) >= 11 is 6.39. The van der Waals surface area contributed by atoms with E-state index in [1.165, 1.54) is 6.08 Å². The zero-order valence-electron chi connectivity index (χ0n) is 18.5. The number of hydrogen-bond acceptors (Lipinski definition) is 6. The lowest BCUT2D eigenvalue weighted by Crippen LogP contribution is -2.07. The predicted molar refractivity (Wildman–Crippen MR) is 131 cm³/mol. The van der Waals surface area contributed by atoms with Crippen LogP contribution in [0.25, 0.3) is 28.3 Å². The van der Waals surface area contributed by atoms with E-state index < -0.39 is 5.97 Å². The Bertz CT molecular complexity index is 1250. The highest BCUT2D eigenvalue weighted by molar-refractivity contribution is 6.33. The molecule has 168 valence electrons. The van der Waals surface area contributed by atoms with Gasteiger partial charge in [0.15, 0.2) is 17.5 Å². The molecule has 7 heteroatoms. The smallest absolute Gasteiger partial charge is 0.339 e. The number of aliphatic hydroxyl groups excluding tert-OH is 1. The van der Waals surface area contributed by atoms with Crippen LogP contribution in [-0.4, -0.2) is 32.6 Å². The number of esters is 1. The van der Waals surface area contributed by atoms with Crippen molar-refractivity contribution in [3.05, 3.63) is 95.5 Å². The summed E-state index contributed by atoms with van der Waals surface area (Å²) in [6, 6.07) is 12.6. The van der Waals surface area contributed by atoms with E-state index in [4.69, 9.17) is 16.3 Å². The zero-order valence-corrected chi connectivity index (χ0v) is 19.3. The molecule has 0 atom stereocenters. The van der Waals surface area contributed by atoms with Gasteiger partial charge in [-0.2, -0.15) is 0 Å². The van der Waals surface area contributed by atoms with Crippen molar-refractivity contribution in [2.24, 2.45) is 0 Å². The molecule has 1 N–H and O–H groups in total. The molecule has 1 heterocycles. The van der Waals surface area contributed by atoms with Crippen LogP contribution in [0.2, 0.25) is 5.02 Å². The molecule has 33 heavy (non-hydrogen) atoms. The Labute approximate surface area is 198 Å². The molecule has 0 spiro atoms. The molecule has 0 aliphatic carbocycles. The van der Waals surface area contributed by atoms with Crippen molar-refractivity contribution in [2.45, 2.75) is 20.3 Å². The van der Waals surface area contributed by atoms with Gasteiger partial charge in [-0.3, -0.25) is 0 Å². The summed E-state index contributed by atoms with van der Waals surface area (Å²) in [5.41, 5.74) is 2.94. The Hall–Kier alpha value is -3.77. The fraction of sp³-hybridized carbons (Fsp3) is 0.154. The van der Waals surface area contributed by atoms with Gasteiger partial charge >= 0.3 is 5.97 Å². The first-order valence-electron chi connectivity index (χ1n) is 10.4. The molecule has 6 nitrogen and oxygen atoms in total. The first-order valence-corrected chi connectivity index (χ1v) is 10.7. The van der Waals surface area contributed by atoms with Gasteiger partial charge in [0.1, 0.15) is 5.76 Å². The highest BCUT2D eigenvalue weighted by Gasteiger charge is 2.18. The molecule has 0 saturated heterocycles. The standard InChI is InChI=1S/C26H24ClN3O3/c1-5-9-20(17(4)31)25-29-23(28-24(30-25)19-11-8-7-10-16(19)3)18-12-13-21(22(27)15-18)26(32)33-14-6-2/h5,7-13,15,31H,1,4,6,14H2,2-3H3/b20-9+. The molecule has 0 fully saturated rings. The van der Waals surface area contributed by atoms with Crippen molar-refractivity contribution < 1.29 is 14.6 Å². The monoisotopic (exact) mass is 461 g/mol. The van der Waals surface area contributed by atoms with Crippen LogP contribution in [0, 0.1) is 6.92 Å². The minimum Gasteiger partial charge on any atom is -0.508 e. The third-order valence-corrected chi connectivity index (χ3v) is 5.05. The first-order chi connectivity index (χ1) is 15.8. The quantitative estimate of drug-likeness (QED) is 0.238. The maximum absolute atomic E-state index is 12.2. The Morgan fingerprint density at radius 1 is 1.15 bits per heavy atom. The lowest BCUT2D eigenvalue weighted by Gasteiger charge is -2.12. The van der Waals surface area contributed by atoms with E-state index in [9.17, 15) is 9.90 Å². The number of allylic oxidation sites excluding steroid dienone is 3. The van der Waals surface area contributed by atoms with E-state index in [2.05, 4.69) is 28.1 Å². The molecule has 0 amide bonds. The van der Waals surface area contributed by atoms with Gasteiger partial charge in [-0.1, -0.05) is 68.1 Å². The van der Waals surface area contributed by atoms with Gasteiger partial charge in [-0.05, 0) is 37.1 Å². The van der Waals surface area contributed by atoms with E-state index in [1.54, 1.807) is 24.3 Å². The maximum Gasteiger partial charge on any atom is 0.339 e. The number of hydrogen-bond donors (Lipinski definition) is 1. The molecular weight excluding hydrogens is 438 g/mol. The average Bonchev–Trinajstić information content (AvgIpc) is 2.80. The first kappa shape index (κ1) is 23.9. The van der Waals surface area contributed by atoms with E-state index in [0.29, 0.717) is 35.8 Å². The normalized spacial score (nSPS) is 11.2. The number of rotatable bonds is 8. The van der Waals surface area contributed by atoms with Crippen LogP contribution < -0.4 is 0 Å². The van der Waals surface area contributed by atoms with Crippen LogP contribution >= 0.6 is 11.6 Å². The maximum atomic E-state index is 12.2. The van der Waals surface area contributed by atoms with Gasteiger partial charge in [-0.15, -0.1) is 0 Å². The minimum atomic E-state index is -0.488. The van der Waals surface area contributed by atoms with Crippen molar-refractivity contribution in [3.8, 4) is 22.8 Å². The van der Waals surface area contributed by atoms with Gasteiger partial charge in [0.25, 0.3) is 0 Å². The van der Waals surface area contributed by atoms with Gasteiger partial charge < -0.3 is 9.84 Å². The Balaban J connectivity index is 2.17. The second kappa shape index (κ2) is 10.7. The molecule has 0 aliphatic heterocycles. The van der Waals surface area contributed by atoms with Gasteiger partial charge in [-0.25, -0.2) is 19.7 Å². The molecule has 0 radical (unpaired) electrons. The lowest BCUT2D eigenvalue weighted by atomic mass is 10.1. The lowest BCUT2D eigenvalue weighted by molar-refractivity contribution is 0.0505. The highest BCUT2D eigenvalue weighted by Crippen LogP contribution is 2.29. The summed E-state index contributed by atoms with van der Waals surface area (Å²) in [6.45, 7) is 11.5. The topological polar surface area (TPSA) is 85.2 Å². The Morgan fingerprint density at radius 3 is 2.52 bits per heavy atom. The predicted octanol–water partition coefficient (Wildman–Crippen LogP) is 6.38. The molecular formula is C26H24ClN3O3. The molecule has 2 aromatic carbocycles. The van der Waals surface area contributed by atoms with E-state index in [0.717, 1.165) is 11.1 Å². The summed E-state index contributed by atoms with van der Waals surface area (Å²) in [4.78, 5) is 26.0. The van der Waals surface area contributed by atoms with E-state index in [-0.39, 0.29) is 22.2 Å². The number of carbonyl (C=O) groups excluding carboxylic acids is 1. The number of benzene rings is 2. The summed E-state index contributed by atoms with van der Waals surface area (Å²) in [5, 5.41) is 10.3. The summed E-state index contributed by atoms with van der Waals surface area (Å²) in [7, 11) is 0. The summed E-state index contributed by atoms with van der Waals surface area (Å²) in [6.07, 6.45) is 3.80. The minimum absolute atomic E-state index is 0.199. The summed E-state index contributed by atoms with van der Waals surface area (Å²) in [5.74, 6) is 0.290. The molecule has 1 aromatic heterocycles. The number of aromatic nitrogens is 3. The second-order valence-corrected chi connectivity index (χ2v) is 7.62. The largest absolute Gasteiger partial charge is 0.508 e. The summed E-state index contributed by atoms with van der Waals surface area (Å²) < 4.78 is 5.18. The molecule has 3 aromatic rings. The van der Waals surface area contributed by atoms with Crippen LogP contribution in [0.5, 0.6) is 0 Å². The Morgan fingerprint density at radius 2 is 1.88 bits per heavy atom. The van der Waals surface area contributed by atoms with Gasteiger partial charge in [0.2, 0.25) is 0 Å². The third kappa shape index (κ3) is 5.54. The van der Waals surface area contributed by atoms with Crippen LogP contribution in [0.1, 0.15) is 35.1 Å². The number of halogens is 1. The SMILES string of the molecule is C=C/C=C(\C(=C)O)c1nc(-c2ccc(C(=O)OCCC)c(Cl)c2)nc(-c2ccccc2C)n1. The van der Waals surface area contributed by atoms with Crippen LogP contribution in [0.3, 0.4) is 0 Å². The number of aliphatic hydroxyl groups is 1. The van der Waals surface area contributed by atoms with Crippen molar-refractivity contribution in [1.29, 1.82) is 0 Å². The molecule has 0 unspecified atom stereocenters. The number of ether oxygens (including phenoxy) is 1. The van der Waals surface area contributed by atoms with Crippen LogP contribution in [-0.2, 0) is 4.74 Å². The number of nitrogens with zero attached hydrogens (tertiary/aromatic N) is 3. The molecule has 0 aliphatic rings. The van der Waals surface area contributed by atoms with Crippen molar-refractivity contribution >= 4 is 23.1 Å². The highest BCUT2D eigenvalue weighted by atomic mass is 35.5. The van der Waals surface area contributed by atoms with Crippen LogP contribution in [0.15, 0.2) is 73.5 Å². The van der Waals surface area contributed by atoms with E-state index in [1.807, 2.05) is 38.1 Å². The van der Waals surface area contributed by atoms with Crippen molar-refractivity contribution in [1.82, 2.24) is 15.0 Å². The second-order valence-electron chi connectivity index (χ2n) is 7.21.